The molecule has 0 unspecified atom stereocenters. The molecule has 1 saturated carbocycles. The Bertz CT molecular complexity index is 1240. The van der Waals surface area contributed by atoms with E-state index in [-0.39, 0.29) is 30.2 Å². The van der Waals surface area contributed by atoms with E-state index in [9.17, 15) is 28.0 Å². The highest BCUT2D eigenvalue weighted by Gasteiger charge is 2.39. The second-order valence-corrected chi connectivity index (χ2v) is 9.80. The molecule has 0 spiro atoms. The number of rotatable bonds is 10. The smallest absolute Gasteiger partial charge is 0.419 e. The minimum atomic E-state index is -4.84. The summed E-state index contributed by atoms with van der Waals surface area (Å²) in [7, 11) is 2.79. The SMILES string of the molecule is COC[C@@](C)(Nc1ncc(C(=O)NCC2CCC(C(=O)O)CC2)cc1C(F)(F)F)c1cc(C#N)ccc1OC. The van der Waals surface area contributed by atoms with Crippen LogP contribution in [-0.2, 0) is 21.2 Å². The van der Waals surface area contributed by atoms with Crippen molar-refractivity contribution in [1.82, 2.24) is 10.3 Å². The Labute approximate surface area is 224 Å². The number of ether oxygens (including phenoxy) is 2. The minimum absolute atomic E-state index is 0.0504. The van der Waals surface area contributed by atoms with E-state index in [0.29, 0.717) is 37.0 Å². The Hall–Kier alpha value is -3.85. The summed E-state index contributed by atoms with van der Waals surface area (Å²) in [6.45, 7) is 1.73. The van der Waals surface area contributed by atoms with Gasteiger partial charge in [-0.1, -0.05) is 0 Å². The van der Waals surface area contributed by atoms with Crippen LogP contribution in [0.5, 0.6) is 5.75 Å². The van der Waals surface area contributed by atoms with Gasteiger partial charge in [0.25, 0.3) is 5.91 Å². The fourth-order valence-corrected chi connectivity index (χ4v) is 4.80. The summed E-state index contributed by atoms with van der Waals surface area (Å²) >= 11 is 0. The molecule has 3 rings (SSSR count). The molecule has 1 aromatic heterocycles. The van der Waals surface area contributed by atoms with Gasteiger partial charge in [-0.3, -0.25) is 9.59 Å². The highest BCUT2D eigenvalue weighted by molar-refractivity contribution is 5.94. The number of amides is 1. The van der Waals surface area contributed by atoms with Gasteiger partial charge in [0.05, 0.1) is 47.9 Å². The van der Waals surface area contributed by atoms with Gasteiger partial charge < -0.3 is 25.2 Å². The standard InChI is InChI=1S/C27H31F3N4O5/c1-26(15-38-2,20-10-17(12-31)6-9-22(20)39-3)34-23-21(27(28,29)30)11-19(14-32-23)24(35)33-13-16-4-7-18(8-5-16)25(36)37/h6,9-11,14,16,18H,4-5,7-8,13,15H2,1-3H3,(H,32,34)(H,33,35)(H,36,37)/t16?,18?,26-/m1/s1. The summed E-state index contributed by atoms with van der Waals surface area (Å²) in [5.41, 5.74) is -2.03. The Morgan fingerprint density at radius 3 is 2.41 bits per heavy atom. The van der Waals surface area contributed by atoms with E-state index >= 15 is 0 Å². The molecule has 1 atom stereocenters. The predicted molar refractivity (Wildman–Crippen MR) is 135 cm³/mol. The van der Waals surface area contributed by atoms with E-state index in [1.54, 1.807) is 13.0 Å². The first-order valence-corrected chi connectivity index (χ1v) is 12.4. The molecule has 1 fully saturated rings. The first-order chi connectivity index (χ1) is 18.4. The van der Waals surface area contributed by atoms with E-state index in [1.807, 2.05) is 6.07 Å². The summed E-state index contributed by atoms with van der Waals surface area (Å²) in [5.74, 6) is -2.08. The number of carbonyl (C=O) groups is 2. The average molecular weight is 549 g/mol. The maximum Gasteiger partial charge on any atom is 0.419 e. The molecule has 0 radical (unpaired) electrons. The third kappa shape index (κ3) is 7.17. The van der Waals surface area contributed by atoms with Gasteiger partial charge in [-0.2, -0.15) is 18.4 Å². The Balaban J connectivity index is 1.86. The maximum absolute atomic E-state index is 14.1. The van der Waals surface area contributed by atoms with Gasteiger partial charge >= 0.3 is 12.1 Å². The molecule has 9 nitrogen and oxygen atoms in total. The van der Waals surface area contributed by atoms with Crippen molar-refractivity contribution in [1.29, 1.82) is 5.26 Å². The third-order valence-electron chi connectivity index (χ3n) is 6.95. The quantitative estimate of drug-likeness (QED) is 0.393. The molecule has 12 heteroatoms. The monoisotopic (exact) mass is 548 g/mol. The minimum Gasteiger partial charge on any atom is -0.496 e. The zero-order chi connectivity index (χ0) is 28.8. The number of hydrogen-bond donors (Lipinski definition) is 3. The van der Waals surface area contributed by atoms with E-state index in [2.05, 4.69) is 15.6 Å². The second-order valence-electron chi connectivity index (χ2n) is 9.80. The van der Waals surface area contributed by atoms with Crippen molar-refractivity contribution in [3.05, 3.63) is 52.7 Å². The number of carbonyl (C=O) groups excluding carboxylic acids is 1. The molecule has 0 aliphatic heterocycles. The highest BCUT2D eigenvalue weighted by atomic mass is 19.4. The number of alkyl halides is 3. The van der Waals surface area contributed by atoms with Gasteiger partial charge in [-0.25, -0.2) is 4.98 Å². The van der Waals surface area contributed by atoms with Crippen LogP contribution >= 0.6 is 0 Å². The second kappa shape index (κ2) is 12.3. The van der Waals surface area contributed by atoms with Crippen molar-refractivity contribution in [3.8, 4) is 11.8 Å². The Kier molecular flexibility index (Phi) is 9.40. The molecule has 210 valence electrons. The molecular weight excluding hydrogens is 517 g/mol. The number of pyridine rings is 1. The van der Waals surface area contributed by atoms with Gasteiger partial charge in [0, 0.05) is 25.4 Å². The number of carboxylic acids is 1. The molecule has 1 amide bonds. The normalized spacial score (nSPS) is 18.9. The number of nitriles is 1. The third-order valence-corrected chi connectivity index (χ3v) is 6.95. The van der Waals surface area contributed by atoms with Crippen LogP contribution < -0.4 is 15.4 Å². The van der Waals surface area contributed by atoms with Crippen molar-refractivity contribution in [2.75, 3.05) is 32.7 Å². The van der Waals surface area contributed by atoms with Crippen molar-refractivity contribution in [3.63, 3.8) is 0 Å². The molecule has 0 bridgehead atoms. The molecule has 1 aliphatic carbocycles. The van der Waals surface area contributed by atoms with Crippen LogP contribution in [0.15, 0.2) is 30.5 Å². The van der Waals surface area contributed by atoms with Crippen LogP contribution in [0, 0.1) is 23.2 Å². The lowest BCUT2D eigenvalue weighted by Gasteiger charge is -2.33. The van der Waals surface area contributed by atoms with E-state index in [0.717, 1.165) is 12.3 Å². The largest absolute Gasteiger partial charge is 0.496 e. The molecule has 1 aromatic carbocycles. The topological polar surface area (TPSA) is 134 Å². The summed E-state index contributed by atoms with van der Waals surface area (Å²) in [6.07, 6.45) is -1.56. The fourth-order valence-electron chi connectivity index (χ4n) is 4.80. The number of aromatic nitrogens is 1. The highest BCUT2D eigenvalue weighted by Crippen LogP contribution is 2.39. The van der Waals surface area contributed by atoms with Gasteiger partial charge in [0.2, 0.25) is 0 Å². The predicted octanol–water partition coefficient (Wildman–Crippen LogP) is 4.58. The number of carboxylic acid groups (broad SMARTS) is 1. The van der Waals surface area contributed by atoms with Crippen LogP contribution in [-0.4, -0.2) is 49.3 Å². The van der Waals surface area contributed by atoms with Crippen molar-refractivity contribution < 1.29 is 37.3 Å². The van der Waals surface area contributed by atoms with Gasteiger partial charge in [0.15, 0.2) is 0 Å². The van der Waals surface area contributed by atoms with E-state index in [1.165, 1.54) is 26.4 Å². The van der Waals surface area contributed by atoms with Crippen LogP contribution in [0.1, 0.15) is 59.7 Å². The van der Waals surface area contributed by atoms with Gasteiger partial charge in [-0.15, -0.1) is 0 Å². The fraction of sp³-hybridized carbons (Fsp3) is 0.481. The first kappa shape index (κ1) is 29.7. The first-order valence-electron chi connectivity index (χ1n) is 12.4. The van der Waals surface area contributed by atoms with E-state index < -0.39 is 40.9 Å². The summed E-state index contributed by atoms with van der Waals surface area (Å²) in [6, 6.07) is 7.32. The van der Waals surface area contributed by atoms with E-state index in [4.69, 9.17) is 14.6 Å². The molecule has 1 aliphatic rings. The number of methoxy groups -OCH3 is 2. The van der Waals surface area contributed by atoms with Crippen LogP contribution in [0.3, 0.4) is 0 Å². The van der Waals surface area contributed by atoms with Gasteiger partial charge in [0.1, 0.15) is 11.6 Å². The molecular formula is C27H31F3N4O5. The number of aliphatic carboxylic acids is 1. The lowest BCUT2D eigenvalue weighted by Crippen LogP contribution is -2.38. The van der Waals surface area contributed by atoms with Crippen LogP contribution in [0.2, 0.25) is 0 Å². The number of nitrogens with one attached hydrogen (secondary N) is 2. The maximum atomic E-state index is 14.1. The molecule has 0 saturated heterocycles. The Morgan fingerprint density at radius 1 is 1.15 bits per heavy atom. The lowest BCUT2D eigenvalue weighted by molar-refractivity contribution is -0.143. The summed E-state index contributed by atoms with van der Waals surface area (Å²) < 4.78 is 53.1. The average Bonchev–Trinajstić information content (AvgIpc) is 2.91. The zero-order valence-electron chi connectivity index (χ0n) is 21.9. The molecule has 3 N–H and O–H groups in total. The van der Waals surface area contributed by atoms with Gasteiger partial charge in [-0.05, 0) is 62.8 Å². The van der Waals surface area contributed by atoms with Crippen molar-refractivity contribution in [2.24, 2.45) is 11.8 Å². The van der Waals surface area contributed by atoms with Crippen LogP contribution in [0.4, 0.5) is 19.0 Å². The molecule has 2 aromatic rings. The Morgan fingerprint density at radius 2 is 1.85 bits per heavy atom. The van der Waals surface area contributed by atoms with Crippen LogP contribution in [0.25, 0.3) is 0 Å². The number of nitrogens with zero attached hydrogens (tertiary/aromatic N) is 2. The number of halogens is 3. The summed E-state index contributed by atoms with van der Waals surface area (Å²) in [5, 5.41) is 23.9. The summed E-state index contributed by atoms with van der Waals surface area (Å²) in [4.78, 5) is 27.8. The molecule has 39 heavy (non-hydrogen) atoms. The van der Waals surface area contributed by atoms with Crippen molar-refractivity contribution in [2.45, 2.75) is 44.3 Å². The molecule has 1 heterocycles. The number of anilines is 1. The number of benzene rings is 1. The zero-order valence-corrected chi connectivity index (χ0v) is 21.9. The van der Waals surface area contributed by atoms with Crippen molar-refractivity contribution >= 4 is 17.7 Å². The lowest BCUT2D eigenvalue weighted by atomic mass is 9.82. The number of hydrogen-bond acceptors (Lipinski definition) is 7.